The van der Waals surface area contributed by atoms with Gasteiger partial charge in [0.15, 0.2) is 10.9 Å². The molecule has 3 aromatic heterocycles. The summed E-state index contributed by atoms with van der Waals surface area (Å²) in [7, 11) is 0. The Kier molecular flexibility index (Phi) is 5.68. The van der Waals surface area contributed by atoms with E-state index in [9.17, 15) is 4.79 Å². The molecule has 178 valence electrons. The molecule has 3 N–H and O–H groups in total. The molecule has 3 aliphatic rings. The Balaban J connectivity index is 1.28. The molecule has 6 rings (SSSR count). The summed E-state index contributed by atoms with van der Waals surface area (Å²) in [6.45, 7) is 2.99. The number of nitrogens with one attached hydrogen (secondary N) is 3. The van der Waals surface area contributed by atoms with Crippen molar-refractivity contribution in [3.63, 3.8) is 0 Å². The molecule has 0 bridgehead atoms. The van der Waals surface area contributed by atoms with Crippen molar-refractivity contribution in [3.05, 3.63) is 34.6 Å². The highest BCUT2D eigenvalue weighted by molar-refractivity contribution is 7.13. The van der Waals surface area contributed by atoms with Crippen LogP contribution in [0.1, 0.15) is 80.7 Å². The maximum Gasteiger partial charge on any atom is 0.248 e. The lowest BCUT2D eigenvalue weighted by atomic mass is 10.0. The van der Waals surface area contributed by atoms with Gasteiger partial charge in [-0.25, -0.2) is 9.97 Å². The van der Waals surface area contributed by atoms with E-state index in [0.29, 0.717) is 22.9 Å². The Bertz CT molecular complexity index is 1170. The SMILES string of the molecule is C[C@@H]1CCc2nc(N3CCC[C@@H]3C(=O)Nc3nccs3)nc(Nc3cc(C4CCCC4)[nH]n3)c21. The van der Waals surface area contributed by atoms with Crippen molar-refractivity contribution in [3.8, 4) is 0 Å². The average Bonchev–Trinajstić information content (AvgIpc) is 3.65. The zero-order chi connectivity index (χ0) is 23.1. The van der Waals surface area contributed by atoms with Crippen LogP contribution >= 0.6 is 11.3 Å². The van der Waals surface area contributed by atoms with Gasteiger partial charge in [0.2, 0.25) is 11.9 Å². The lowest BCUT2D eigenvalue weighted by Crippen LogP contribution is -2.40. The van der Waals surface area contributed by atoms with Gasteiger partial charge < -0.3 is 15.5 Å². The maximum absolute atomic E-state index is 13.0. The van der Waals surface area contributed by atoms with Crippen molar-refractivity contribution < 1.29 is 4.79 Å². The summed E-state index contributed by atoms with van der Waals surface area (Å²) in [4.78, 5) is 29.2. The smallest absolute Gasteiger partial charge is 0.248 e. The van der Waals surface area contributed by atoms with E-state index in [-0.39, 0.29) is 11.9 Å². The third-order valence-corrected chi connectivity index (χ3v) is 8.12. The molecule has 1 saturated heterocycles. The molecule has 34 heavy (non-hydrogen) atoms. The summed E-state index contributed by atoms with van der Waals surface area (Å²) in [5, 5.41) is 16.7. The summed E-state index contributed by atoms with van der Waals surface area (Å²) in [6.07, 6.45) is 10.4. The largest absolute Gasteiger partial charge is 0.329 e. The van der Waals surface area contributed by atoms with Gasteiger partial charge in [0.05, 0.1) is 5.69 Å². The number of rotatable bonds is 6. The second kappa shape index (κ2) is 8.98. The highest BCUT2D eigenvalue weighted by atomic mass is 32.1. The average molecular weight is 479 g/mol. The Morgan fingerprint density at radius 3 is 2.88 bits per heavy atom. The normalized spacial score (nSPS) is 22.3. The van der Waals surface area contributed by atoms with E-state index in [2.05, 4.69) is 38.8 Å². The van der Waals surface area contributed by atoms with E-state index >= 15 is 0 Å². The number of aromatic amines is 1. The number of hydrogen-bond donors (Lipinski definition) is 3. The quantitative estimate of drug-likeness (QED) is 0.470. The molecule has 9 nitrogen and oxygen atoms in total. The first-order valence-corrected chi connectivity index (χ1v) is 13.2. The van der Waals surface area contributed by atoms with Crippen LogP contribution in [0.5, 0.6) is 0 Å². The minimum absolute atomic E-state index is 0.0482. The highest BCUT2D eigenvalue weighted by Crippen LogP contribution is 2.40. The molecule has 2 atom stereocenters. The number of carbonyl (C=O) groups is 1. The number of thiazole rings is 1. The Morgan fingerprint density at radius 1 is 1.18 bits per heavy atom. The lowest BCUT2D eigenvalue weighted by Gasteiger charge is -2.25. The van der Waals surface area contributed by atoms with Crippen molar-refractivity contribution in [2.45, 2.75) is 76.2 Å². The van der Waals surface area contributed by atoms with Crippen molar-refractivity contribution in [1.82, 2.24) is 25.1 Å². The lowest BCUT2D eigenvalue weighted by molar-refractivity contribution is -0.117. The predicted molar refractivity (Wildman–Crippen MR) is 133 cm³/mol. The first kappa shape index (κ1) is 21.5. The number of anilines is 4. The fourth-order valence-electron chi connectivity index (χ4n) is 5.65. The van der Waals surface area contributed by atoms with E-state index in [4.69, 9.17) is 9.97 Å². The van der Waals surface area contributed by atoms with Crippen molar-refractivity contribution in [2.75, 3.05) is 22.1 Å². The second-order valence-corrected chi connectivity index (χ2v) is 10.6. The zero-order valence-corrected chi connectivity index (χ0v) is 20.2. The topological polar surface area (TPSA) is 112 Å². The molecule has 3 aromatic rings. The monoisotopic (exact) mass is 478 g/mol. The van der Waals surface area contributed by atoms with Gasteiger partial charge in [0.25, 0.3) is 0 Å². The van der Waals surface area contributed by atoms with Crippen LogP contribution in [0.25, 0.3) is 0 Å². The maximum atomic E-state index is 13.0. The van der Waals surface area contributed by atoms with E-state index in [1.54, 1.807) is 6.20 Å². The van der Waals surface area contributed by atoms with Crippen molar-refractivity contribution in [2.24, 2.45) is 0 Å². The van der Waals surface area contributed by atoms with Gasteiger partial charge in [-0.15, -0.1) is 11.3 Å². The molecule has 2 aliphatic carbocycles. The standard InChI is InChI=1S/C24H30N8OS/c1-14-8-9-16-20(14)21(27-19-13-17(30-31-19)15-5-2-3-6-15)28-23(26-16)32-11-4-7-18(32)22(33)29-24-25-10-12-34-24/h10,12-15,18H,2-9,11H2,1H3,(H,25,29,33)(H2,26,27,28,30,31)/t14-,18-/m1/s1. The first-order chi connectivity index (χ1) is 16.7. The first-order valence-electron chi connectivity index (χ1n) is 12.4. The number of nitrogens with zero attached hydrogens (tertiary/aromatic N) is 5. The number of fused-ring (bicyclic) bond motifs is 1. The van der Waals surface area contributed by atoms with Gasteiger partial charge in [0, 0.05) is 41.4 Å². The molecule has 0 spiro atoms. The molecule has 10 heteroatoms. The molecule has 1 aliphatic heterocycles. The van der Waals surface area contributed by atoms with Crippen LogP contribution in [-0.2, 0) is 11.2 Å². The summed E-state index contributed by atoms with van der Waals surface area (Å²) in [6, 6.07) is 1.83. The number of aryl methyl sites for hydroxylation is 1. The van der Waals surface area contributed by atoms with Gasteiger partial charge in [-0.1, -0.05) is 19.8 Å². The number of amides is 1. The van der Waals surface area contributed by atoms with Crippen LogP contribution in [0.4, 0.5) is 22.7 Å². The molecule has 0 radical (unpaired) electrons. The van der Waals surface area contributed by atoms with E-state index in [1.807, 2.05) is 10.3 Å². The molecule has 0 aromatic carbocycles. The number of hydrogen-bond acceptors (Lipinski definition) is 8. The molecule has 4 heterocycles. The third-order valence-electron chi connectivity index (χ3n) is 7.43. The van der Waals surface area contributed by atoms with Gasteiger partial charge in [-0.05, 0) is 44.4 Å². The highest BCUT2D eigenvalue weighted by Gasteiger charge is 2.35. The van der Waals surface area contributed by atoms with Gasteiger partial charge >= 0.3 is 0 Å². The fraction of sp³-hybridized carbons (Fsp3) is 0.542. The van der Waals surface area contributed by atoms with Crippen molar-refractivity contribution in [1.29, 1.82) is 0 Å². The zero-order valence-electron chi connectivity index (χ0n) is 19.4. The Labute approximate surface area is 202 Å². The molecule has 2 fully saturated rings. The van der Waals surface area contributed by atoms with Gasteiger partial charge in [0.1, 0.15) is 11.9 Å². The van der Waals surface area contributed by atoms with Crippen molar-refractivity contribution >= 4 is 40.0 Å². The molecule has 1 amide bonds. The van der Waals surface area contributed by atoms with E-state index < -0.39 is 0 Å². The number of aromatic nitrogens is 5. The predicted octanol–water partition coefficient (Wildman–Crippen LogP) is 4.71. The van der Waals surface area contributed by atoms with Crippen LogP contribution in [0.15, 0.2) is 17.6 Å². The minimum Gasteiger partial charge on any atom is -0.329 e. The number of H-pyrrole nitrogens is 1. The Morgan fingerprint density at radius 2 is 2.06 bits per heavy atom. The summed E-state index contributed by atoms with van der Waals surface area (Å²) >= 11 is 1.43. The van der Waals surface area contributed by atoms with Gasteiger partial charge in [-0.3, -0.25) is 9.89 Å². The number of carbonyl (C=O) groups excluding carboxylic acids is 1. The summed E-state index contributed by atoms with van der Waals surface area (Å²) in [5.74, 6) is 3.16. The summed E-state index contributed by atoms with van der Waals surface area (Å²) < 4.78 is 0. The third kappa shape index (κ3) is 4.04. The van der Waals surface area contributed by atoms with Crippen LogP contribution in [0.2, 0.25) is 0 Å². The van der Waals surface area contributed by atoms with Crippen LogP contribution in [0, 0.1) is 0 Å². The summed E-state index contributed by atoms with van der Waals surface area (Å²) in [5.41, 5.74) is 3.46. The molecular weight excluding hydrogens is 448 g/mol. The van der Waals surface area contributed by atoms with Gasteiger partial charge in [-0.2, -0.15) is 10.1 Å². The minimum atomic E-state index is -0.298. The molecule has 1 saturated carbocycles. The second-order valence-electron chi connectivity index (χ2n) is 9.67. The van der Waals surface area contributed by atoms with E-state index in [1.165, 1.54) is 48.3 Å². The Hall–Kier alpha value is -3.01. The van der Waals surface area contributed by atoms with E-state index in [0.717, 1.165) is 49.6 Å². The molecule has 0 unspecified atom stereocenters. The van der Waals surface area contributed by atoms with Crippen LogP contribution in [-0.4, -0.2) is 43.6 Å². The fourth-order valence-corrected chi connectivity index (χ4v) is 6.18. The van der Waals surface area contributed by atoms with Crippen LogP contribution in [0.3, 0.4) is 0 Å². The molecular formula is C24H30N8OS. The van der Waals surface area contributed by atoms with Crippen LogP contribution < -0.4 is 15.5 Å².